The molecule has 2 atom stereocenters. The molecule has 0 radical (unpaired) electrons. The van der Waals surface area contributed by atoms with E-state index in [1.54, 1.807) is 12.4 Å². The maximum Gasteiger partial charge on any atom is 0.171 e. The molecule has 0 fully saturated rings. The van der Waals surface area contributed by atoms with Gasteiger partial charge < -0.3 is 9.53 Å². The zero-order valence-electron chi connectivity index (χ0n) is 14.7. The Balaban J connectivity index is 2.24. The zero-order valence-corrected chi connectivity index (χ0v) is 15.8. The van der Waals surface area contributed by atoms with Crippen LogP contribution in [0.2, 0.25) is 13.1 Å². The van der Waals surface area contributed by atoms with Gasteiger partial charge in [-0.05, 0) is 35.7 Å². The summed E-state index contributed by atoms with van der Waals surface area (Å²) in [5, 5.41) is 10.5. The molecule has 0 aliphatic heterocycles. The summed E-state index contributed by atoms with van der Waals surface area (Å²) in [5.74, 6) is 0. The number of aromatic nitrogens is 1. The van der Waals surface area contributed by atoms with Crippen molar-refractivity contribution in [2.45, 2.75) is 46.1 Å². The Morgan fingerprint density at radius 1 is 1.00 bits per heavy atom. The number of hydrogen-bond donors (Lipinski definition) is 1. The Morgan fingerprint density at radius 3 is 2.09 bits per heavy atom. The van der Waals surface area contributed by atoms with Crippen molar-refractivity contribution >= 4 is 9.04 Å². The van der Waals surface area contributed by atoms with E-state index in [1.807, 2.05) is 24.3 Å². The second kappa shape index (κ2) is 7.38. The third-order valence-electron chi connectivity index (χ3n) is 3.75. The Labute approximate surface area is 141 Å². The predicted molar refractivity (Wildman–Crippen MR) is 96.9 cm³/mol. The second-order valence-electron chi connectivity index (χ2n) is 7.29. The number of aliphatic hydroxyl groups is 1. The first-order valence-electron chi connectivity index (χ1n) is 8.12. The van der Waals surface area contributed by atoms with E-state index in [1.165, 1.54) is 5.56 Å². The van der Waals surface area contributed by atoms with Crippen molar-refractivity contribution in [3.8, 4) is 0 Å². The van der Waals surface area contributed by atoms with E-state index in [4.69, 9.17) is 4.43 Å². The lowest BCUT2D eigenvalue weighted by Crippen LogP contribution is -2.25. The van der Waals surface area contributed by atoms with Gasteiger partial charge in [-0.1, -0.05) is 51.1 Å². The van der Waals surface area contributed by atoms with E-state index in [2.05, 4.69) is 51.0 Å². The van der Waals surface area contributed by atoms with Gasteiger partial charge in [-0.15, -0.1) is 0 Å². The highest BCUT2D eigenvalue weighted by Gasteiger charge is 2.28. The average molecular weight is 330 g/mol. The molecule has 0 saturated heterocycles. The van der Waals surface area contributed by atoms with Gasteiger partial charge in [0.15, 0.2) is 9.04 Å². The summed E-state index contributed by atoms with van der Waals surface area (Å²) in [4.78, 5) is 4.07. The lowest BCUT2D eigenvalue weighted by molar-refractivity contribution is 0.0865. The molecule has 0 aliphatic carbocycles. The SMILES string of the molecule is C[SiH](C)OC(c1ccc(C(O)c2cccnc2)cc1)C(C)(C)C. The first-order chi connectivity index (χ1) is 10.8. The molecule has 1 heterocycles. The molecule has 124 valence electrons. The number of pyridine rings is 1. The molecule has 1 aromatic carbocycles. The first-order valence-corrected chi connectivity index (χ1v) is 10.9. The van der Waals surface area contributed by atoms with Gasteiger partial charge in [0.25, 0.3) is 0 Å². The van der Waals surface area contributed by atoms with E-state index >= 15 is 0 Å². The van der Waals surface area contributed by atoms with E-state index in [0.29, 0.717) is 0 Å². The minimum atomic E-state index is -1.14. The standard InChI is InChI=1S/C19H27NO2Si/c1-19(2,3)18(22-23(4)5)15-10-8-14(9-11-15)17(21)16-7-6-12-20-13-16/h6-13,17-18,21,23H,1-5H3. The van der Waals surface area contributed by atoms with Gasteiger partial charge in [0.05, 0.1) is 6.10 Å². The molecule has 4 heteroatoms. The van der Waals surface area contributed by atoms with Crippen molar-refractivity contribution in [2.75, 3.05) is 0 Å². The van der Waals surface area contributed by atoms with Crippen LogP contribution in [-0.4, -0.2) is 19.1 Å². The highest BCUT2D eigenvalue weighted by atomic mass is 28.3. The van der Waals surface area contributed by atoms with E-state index in [9.17, 15) is 5.11 Å². The normalized spacial score (nSPS) is 14.7. The maximum atomic E-state index is 10.5. The lowest BCUT2D eigenvalue weighted by Gasteiger charge is -2.33. The topological polar surface area (TPSA) is 42.4 Å². The van der Waals surface area contributed by atoms with Crippen LogP contribution >= 0.6 is 0 Å². The highest BCUT2D eigenvalue weighted by Crippen LogP contribution is 2.37. The molecule has 0 amide bonds. The molecule has 2 rings (SSSR count). The second-order valence-corrected chi connectivity index (χ2v) is 9.66. The first kappa shape index (κ1) is 17.9. The van der Waals surface area contributed by atoms with Gasteiger partial charge in [-0.2, -0.15) is 0 Å². The Morgan fingerprint density at radius 2 is 1.61 bits per heavy atom. The molecule has 0 spiro atoms. The summed E-state index contributed by atoms with van der Waals surface area (Å²) >= 11 is 0. The summed E-state index contributed by atoms with van der Waals surface area (Å²) in [5.41, 5.74) is 2.89. The van der Waals surface area contributed by atoms with Crippen molar-refractivity contribution in [1.29, 1.82) is 0 Å². The summed E-state index contributed by atoms with van der Waals surface area (Å²) in [6, 6.07) is 11.8. The minimum absolute atomic E-state index is 0.0424. The lowest BCUT2D eigenvalue weighted by atomic mass is 9.84. The van der Waals surface area contributed by atoms with Crippen molar-refractivity contribution < 1.29 is 9.53 Å². The van der Waals surface area contributed by atoms with Crippen LogP contribution < -0.4 is 0 Å². The molecular weight excluding hydrogens is 302 g/mol. The van der Waals surface area contributed by atoms with Crippen molar-refractivity contribution in [2.24, 2.45) is 5.41 Å². The monoisotopic (exact) mass is 329 g/mol. The summed E-state index contributed by atoms with van der Waals surface area (Å²) in [7, 11) is -1.14. The van der Waals surface area contributed by atoms with E-state index < -0.39 is 15.1 Å². The summed E-state index contributed by atoms with van der Waals surface area (Å²) in [6.07, 6.45) is 2.84. The molecule has 0 bridgehead atoms. The Bertz CT molecular complexity index is 606. The van der Waals surface area contributed by atoms with Gasteiger partial charge in [-0.3, -0.25) is 4.98 Å². The molecule has 23 heavy (non-hydrogen) atoms. The number of benzene rings is 1. The van der Waals surface area contributed by atoms with Gasteiger partial charge in [0.2, 0.25) is 0 Å². The fraction of sp³-hybridized carbons (Fsp3) is 0.421. The average Bonchev–Trinajstić information content (AvgIpc) is 2.52. The molecule has 1 N–H and O–H groups in total. The largest absolute Gasteiger partial charge is 0.413 e. The molecule has 3 nitrogen and oxygen atoms in total. The van der Waals surface area contributed by atoms with Crippen LogP contribution in [-0.2, 0) is 4.43 Å². The number of rotatable bonds is 5. The number of aliphatic hydroxyl groups excluding tert-OH is 1. The zero-order chi connectivity index (χ0) is 17.0. The van der Waals surface area contributed by atoms with E-state index in [-0.39, 0.29) is 11.5 Å². The third-order valence-corrected chi connectivity index (χ3v) is 4.57. The molecule has 0 saturated carbocycles. The van der Waals surface area contributed by atoms with Crippen LogP contribution in [0.3, 0.4) is 0 Å². The number of hydrogen-bond acceptors (Lipinski definition) is 3. The van der Waals surface area contributed by atoms with Crippen LogP contribution in [0.4, 0.5) is 0 Å². The molecule has 2 aromatic rings. The van der Waals surface area contributed by atoms with Gasteiger partial charge in [0, 0.05) is 18.0 Å². The quantitative estimate of drug-likeness (QED) is 0.834. The van der Waals surface area contributed by atoms with Crippen LogP contribution in [0.25, 0.3) is 0 Å². The maximum absolute atomic E-state index is 10.5. The van der Waals surface area contributed by atoms with Crippen molar-refractivity contribution in [3.05, 3.63) is 65.5 Å². The van der Waals surface area contributed by atoms with Gasteiger partial charge >= 0.3 is 0 Å². The van der Waals surface area contributed by atoms with Gasteiger partial charge in [0.1, 0.15) is 6.10 Å². The predicted octanol–water partition coefficient (Wildman–Crippen LogP) is 4.25. The summed E-state index contributed by atoms with van der Waals surface area (Å²) in [6.45, 7) is 11.0. The van der Waals surface area contributed by atoms with Crippen LogP contribution in [0, 0.1) is 5.41 Å². The molecule has 0 aliphatic rings. The van der Waals surface area contributed by atoms with Crippen LogP contribution in [0.5, 0.6) is 0 Å². The van der Waals surface area contributed by atoms with Crippen LogP contribution in [0.15, 0.2) is 48.8 Å². The third kappa shape index (κ3) is 4.74. The molecule has 1 aromatic heterocycles. The van der Waals surface area contributed by atoms with Crippen molar-refractivity contribution in [3.63, 3.8) is 0 Å². The van der Waals surface area contributed by atoms with E-state index in [0.717, 1.165) is 11.1 Å². The minimum Gasteiger partial charge on any atom is -0.413 e. The fourth-order valence-corrected chi connectivity index (χ4v) is 3.75. The van der Waals surface area contributed by atoms with Gasteiger partial charge in [-0.25, -0.2) is 0 Å². The Hall–Kier alpha value is -1.49. The fourth-order valence-electron chi connectivity index (χ4n) is 2.64. The summed E-state index contributed by atoms with van der Waals surface area (Å²) < 4.78 is 6.25. The molecule has 2 unspecified atom stereocenters. The van der Waals surface area contributed by atoms with Crippen molar-refractivity contribution in [1.82, 2.24) is 4.98 Å². The van der Waals surface area contributed by atoms with Crippen LogP contribution in [0.1, 0.15) is 49.7 Å². The highest BCUT2D eigenvalue weighted by molar-refractivity contribution is 6.48. The molecular formula is C19H27NO2Si. The smallest absolute Gasteiger partial charge is 0.171 e. The Kier molecular flexibility index (Phi) is 5.73. The number of nitrogens with zero attached hydrogens (tertiary/aromatic N) is 1.